The second-order valence-electron chi connectivity index (χ2n) is 3.81. The lowest BCUT2D eigenvalue weighted by Crippen LogP contribution is -2.03. The van der Waals surface area contributed by atoms with E-state index in [9.17, 15) is 8.78 Å². The third-order valence-corrected chi connectivity index (χ3v) is 3.73. The van der Waals surface area contributed by atoms with Gasteiger partial charge in [-0.05, 0) is 46.9 Å². The Kier molecular flexibility index (Phi) is 4.00. The minimum absolute atomic E-state index is 0.0173. The van der Waals surface area contributed by atoms with E-state index >= 15 is 0 Å². The van der Waals surface area contributed by atoms with Gasteiger partial charge in [-0.2, -0.15) is 0 Å². The molecule has 0 fully saturated rings. The molecule has 0 atom stereocenters. The molecule has 0 aliphatic heterocycles. The van der Waals surface area contributed by atoms with Crippen molar-refractivity contribution in [2.45, 2.75) is 0 Å². The molecule has 2 rings (SSSR count). The van der Waals surface area contributed by atoms with Crippen LogP contribution in [-0.4, -0.2) is 0 Å². The molecule has 7 heteroatoms. The van der Waals surface area contributed by atoms with Crippen molar-refractivity contribution in [1.29, 1.82) is 0 Å². The lowest BCUT2D eigenvalue weighted by Gasteiger charge is -2.14. The summed E-state index contributed by atoms with van der Waals surface area (Å²) >= 11 is 7.66. The summed E-state index contributed by atoms with van der Waals surface area (Å²) in [5.74, 6) is -1.11. The van der Waals surface area contributed by atoms with Crippen molar-refractivity contribution in [3.8, 4) is 0 Å². The van der Waals surface area contributed by atoms with Gasteiger partial charge in [0.1, 0.15) is 10.8 Å². The smallest absolute Gasteiger partial charge is 0.169 e. The first-order valence-electron chi connectivity index (χ1n) is 5.15. The standard InChI is InChI=1S/C12H9ClF2IN3/c13-10-7(17)4-8(18)12(11(10)15)19-9-2-1-5(14)3-6(9)16/h1-4,19H,17-18H2. The average molecular weight is 396 g/mol. The highest BCUT2D eigenvalue weighted by Crippen LogP contribution is 2.36. The highest BCUT2D eigenvalue weighted by molar-refractivity contribution is 14.1. The molecule has 0 bridgehead atoms. The summed E-state index contributed by atoms with van der Waals surface area (Å²) < 4.78 is 27.6. The number of nitrogens with two attached hydrogens (primary N) is 2. The molecule has 0 heterocycles. The van der Waals surface area contributed by atoms with Gasteiger partial charge < -0.3 is 16.8 Å². The summed E-state index contributed by atoms with van der Waals surface area (Å²) in [6, 6.07) is 5.43. The number of nitrogen functional groups attached to an aromatic ring is 2. The van der Waals surface area contributed by atoms with Crippen LogP contribution in [0.15, 0.2) is 24.3 Å². The summed E-state index contributed by atoms with van der Waals surface area (Å²) in [6.45, 7) is 0. The molecule has 0 saturated carbocycles. The fraction of sp³-hybridized carbons (Fsp3) is 0. The predicted molar refractivity (Wildman–Crippen MR) is 82.6 cm³/mol. The van der Waals surface area contributed by atoms with Gasteiger partial charge in [0.2, 0.25) is 0 Å². The zero-order valence-electron chi connectivity index (χ0n) is 9.48. The van der Waals surface area contributed by atoms with Crippen molar-refractivity contribution >= 4 is 56.9 Å². The molecule has 0 aliphatic rings. The maximum Gasteiger partial charge on any atom is 0.169 e. The van der Waals surface area contributed by atoms with Crippen molar-refractivity contribution in [2.75, 3.05) is 16.8 Å². The Labute approximate surface area is 127 Å². The molecule has 0 spiro atoms. The lowest BCUT2D eigenvalue weighted by atomic mass is 10.2. The summed E-state index contributed by atoms with van der Waals surface area (Å²) in [7, 11) is 0. The Hall–Kier alpha value is -1.28. The van der Waals surface area contributed by atoms with Gasteiger partial charge in [0.15, 0.2) is 5.82 Å². The van der Waals surface area contributed by atoms with Crippen LogP contribution in [0.3, 0.4) is 0 Å². The first-order valence-corrected chi connectivity index (χ1v) is 6.61. The molecule has 0 amide bonds. The lowest BCUT2D eigenvalue weighted by molar-refractivity contribution is 0.627. The van der Waals surface area contributed by atoms with Gasteiger partial charge in [-0.25, -0.2) is 8.78 Å². The molecule has 100 valence electrons. The maximum atomic E-state index is 14.0. The Bertz CT molecular complexity index is 649. The topological polar surface area (TPSA) is 64.1 Å². The van der Waals surface area contributed by atoms with Crippen LogP contribution in [0.1, 0.15) is 0 Å². The summed E-state index contributed by atoms with van der Waals surface area (Å²) in [4.78, 5) is 0. The number of hydrogen-bond acceptors (Lipinski definition) is 3. The van der Waals surface area contributed by atoms with E-state index in [2.05, 4.69) is 5.32 Å². The van der Waals surface area contributed by atoms with Gasteiger partial charge in [0.25, 0.3) is 0 Å². The Balaban J connectivity index is 2.47. The van der Waals surface area contributed by atoms with E-state index in [1.807, 2.05) is 22.6 Å². The van der Waals surface area contributed by atoms with Crippen LogP contribution in [0.4, 0.5) is 31.5 Å². The second kappa shape index (κ2) is 5.38. The number of anilines is 4. The van der Waals surface area contributed by atoms with Crippen molar-refractivity contribution in [3.63, 3.8) is 0 Å². The predicted octanol–water partition coefficient (Wildman–Crippen LogP) is 4.13. The molecular formula is C12H9ClF2IN3. The van der Waals surface area contributed by atoms with E-state index in [1.165, 1.54) is 24.3 Å². The molecule has 3 nitrogen and oxygen atoms in total. The van der Waals surface area contributed by atoms with Crippen LogP contribution < -0.4 is 16.8 Å². The van der Waals surface area contributed by atoms with Gasteiger partial charge in [0, 0.05) is 3.57 Å². The van der Waals surface area contributed by atoms with E-state index < -0.39 is 5.82 Å². The highest BCUT2D eigenvalue weighted by Gasteiger charge is 2.15. The van der Waals surface area contributed by atoms with Crippen molar-refractivity contribution in [1.82, 2.24) is 0 Å². The van der Waals surface area contributed by atoms with Crippen LogP contribution >= 0.6 is 34.2 Å². The van der Waals surface area contributed by atoms with Crippen molar-refractivity contribution in [3.05, 3.63) is 44.5 Å². The quantitative estimate of drug-likeness (QED) is 0.529. The van der Waals surface area contributed by atoms with E-state index in [0.29, 0.717) is 9.26 Å². The Morgan fingerprint density at radius 2 is 1.79 bits per heavy atom. The molecule has 19 heavy (non-hydrogen) atoms. The third kappa shape index (κ3) is 2.84. The second-order valence-corrected chi connectivity index (χ2v) is 5.35. The molecule has 0 aliphatic carbocycles. The zero-order valence-corrected chi connectivity index (χ0v) is 12.4. The first kappa shape index (κ1) is 14.1. The minimum Gasteiger partial charge on any atom is -0.397 e. The van der Waals surface area contributed by atoms with Crippen LogP contribution in [0.5, 0.6) is 0 Å². The Morgan fingerprint density at radius 3 is 2.42 bits per heavy atom. The number of nitrogens with one attached hydrogen (secondary N) is 1. The van der Waals surface area contributed by atoms with Gasteiger partial charge in [-0.15, -0.1) is 0 Å². The normalized spacial score (nSPS) is 10.5. The van der Waals surface area contributed by atoms with Gasteiger partial charge in [-0.1, -0.05) is 11.6 Å². The maximum absolute atomic E-state index is 14.0. The molecule has 5 N–H and O–H groups in total. The molecule has 2 aromatic rings. The SMILES string of the molecule is Nc1cc(N)c(Nc2ccc(F)cc2I)c(F)c1Cl. The summed E-state index contributed by atoms with van der Waals surface area (Å²) in [5, 5.41) is 2.59. The van der Waals surface area contributed by atoms with Gasteiger partial charge in [0.05, 0.1) is 22.7 Å². The fourth-order valence-corrected chi connectivity index (χ4v) is 2.28. The van der Waals surface area contributed by atoms with E-state index in [1.54, 1.807) is 0 Å². The monoisotopic (exact) mass is 395 g/mol. The molecule has 0 unspecified atom stereocenters. The first-order chi connectivity index (χ1) is 8.90. The van der Waals surface area contributed by atoms with Crippen LogP contribution in [0.2, 0.25) is 5.02 Å². The minimum atomic E-state index is -0.737. The number of rotatable bonds is 2. The fourth-order valence-electron chi connectivity index (χ4n) is 1.52. The largest absolute Gasteiger partial charge is 0.397 e. The number of benzene rings is 2. The highest BCUT2D eigenvalue weighted by atomic mass is 127. The molecule has 2 aromatic carbocycles. The molecule has 0 aromatic heterocycles. The number of halogens is 4. The van der Waals surface area contributed by atoms with E-state index in [0.717, 1.165) is 0 Å². The van der Waals surface area contributed by atoms with Crippen molar-refractivity contribution < 1.29 is 8.78 Å². The van der Waals surface area contributed by atoms with Crippen LogP contribution in [0.25, 0.3) is 0 Å². The molecular weight excluding hydrogens is 387 g/mol. The van der Waals surface area contributed by atoms with Crippen LogP contribution in [-0.2, 0) is 0 Å². The van der Waals surface area contributed by atoms with Crippen LogP contribution in [0, 0.1) is 15.2 Å². The van der Waals surface area contributed by atoms with Gasteiger partial charge in [-0.3, -0.25) is 0 Å². The number of hydrogen-bond donors (Lipinski definition) is 3. The van der Waals surface area contributed by atoms with E-state index in [4.69, 9.17) is 23.1 Å². The summed E-state index contributed by atoms with van der Waals surface area (Å²) in [6.07, 6.45) is 0. The Morgan fingerprint density at radius 1 is 1.11 bits per heavy atom. The molecule has 0 radical (unpaired) electrons. The van der Waals surface area contributed by atoms with Gasteiger partial charge >= 0.3 is 0 Å². The third-order valence-electron chi connectivity index (χ3n) is 2.46. The zero-order chi connectivity index (χ0) is 14.2. The molecule has 0 saturated heterocycles. The van der Waals surface area contributed by atoms with E-state index in [-0.39, 0.29) is 27.9 Å². The van der Waals surface area contributed by atoms with Crippen molar-refractivity contribution in [2.24, 2.45) is 0 Å². The summed E-state index contributed by atoms with van der Waals surface area (Å²) in [5.41, 5.74) is 11.9. The average Bonchev–Trinajstić information content (AvgIpc) is 2.34.